The molecule has 0 spiro atoms. The van der Waals surface area contributed by atoms with Crippen LogP contribution in [-0.2, 0) is 6.54 Å². The Hall–Kier alpha value is -3.45. The first-order valence-corrected chi connectivity index (χ1v) is 10.6. The van der Waals surface area contributed by atoms with Gasteiger partial charge >= 0.3 is 0 Å². The third-order valence-electron chi connectivity index (χ3n) is 5.40. The molecule has 0 amide bonds. The van der Waals surface area contributed by atoms with E-state index in [1.165, 1.54) is 42.0 Å². The zero-order valence-corrected chi connectivity index (χ0v) is 18.6. The molecule has 0 fully saturated rings. The van der Waals surface area contributed by atoms with Gasteiger partial charge in [0.25, 0.3) is 5.56 Å². The van der Waals surface area contributed by atoms with Gasteiger partial charge in [-0.25, -0.2) is 4.98 Å². The molecule has 0 N–H and O–H groups in total. The van der Waals surface area contributed by atoms with Crippen LogP contribution in [0.3, 0.4) is 0 Å². The standard InChI is InChI=1S/C24H22N2O4S/c1-14-5-6-16(9-15(14)2)19-12-31-23-22(19)24(28)26(13-25-23)11-20(27)18-10-17(29-3)7-8-21(18)30-4/h5-10,12-13H,11H2,1-4H3. The van der Waals surface area contributed by atoms with Crippen LogP contribution >= 0.6 is 11.3 Å². The molecule has 6 nitrogen and oxygen atoms in total. The maximum Gasteiger partial charge on any atom is 0.263 e. The van der Waals surface area contributed by atoms with E-state index in [1.54, 1.807) is 18.2 Å². The first-order valence-electron chi connectivity index (χ1n) is 9.72. The van der Waals surface area contributed by atoms with Crippen molar-refractivity contribution in [3.05, 3.63) is 75.1 Å². The van der Waals surface area contributed by atoms with Gasteiger partial charge in [0.1, 0.15) is 16.3 Å². The summed E-state index contributed by atoms with van der Waals surface area (Å²) in [5.74, 6) is 0.709. The maximum absolute atomic E-state index is 13.3. The number of methoxy groups -OCH3 is 2. The van der Waals surface area contributed by atoms with Crippen molar-refractivity contribution in [2.75, 3.05) is 14.2 Å². The Morgan fingerprint density at radius 1 is 1.06 bits per heavy atom. The fourth-order valence-corrected chi connectivity index (χ4v) is 4.38. The first-order chi connectivity index (χ1) is 14.9. The Morgan fingerprint density at radius 3 is 2.58 bits per heavy atom. The van der Waals surface area contributed by atoms with Gasteiger partial charge in [0.2, 0.25) is 0 Å². The molecular weight excluding hydrogens is 412 g/mol. The summed E-state index contributed by atoms with van der Waals surface area (Å²) in [7, 11) is 3.03. The summed E-state index contributed by atoms with van der Waals surface area (Å²) in [4.78, 5) is 31.4. The average molecular weight is 435 g/mol. The van der Waals surface area contributed by atoms with Crippen LogP contribution < -0.4 is 15.0 Å². The van der Waals surface area contributed by atoms with Gasteiger partial charge in [0.05, 0.1) is 38.0 Å². The summed E-state index contributed by atoms with van der Waals surface area (Å²) in [6.07, 6.45) is 1.43. The minimum absolute atomic E-state index is 0.145. The van der Waals surface area contributed by atoms with Gasteiger partial charge in [-0.1, -0.05) is 18.2 Å². The summed E-state index contributed by atoms with van der Waals surface area (Å²) in [6, 6.07) is 11.1. The molecule has 158 valence electrons. The minimum Gasteiger partial charge on any atom is -0.497 e. The lowest BCUT2D eigenvalue weighted by molar-refractivity contribution is 0.0967. The van der Waals surface area contributed by atoms with Gasteiger partial charge in [-0.3, -0.25) is 14.2 Å². The summed E-state index contributed by atoms with van der Waals surface area (Å²) in [6.45, 7) is 3.95. The summed E-state index contributed by atoms with van der Waals surface area (Å²) in [5.41, 5.74) is 4.26. The maximum atomic E-state index is 13.3. The van der Waals surface area contributed by atoms with Crippen LogP contribution in [0.1, 0.15) is 21.5 Å². The molecule has 0 aliphatic heterocycles. The number of aromatic nitrogens is 2. The number of rotatable bonds is 6. The number of ether oxygens (including phenoxy) is 2. The van der Waals surface area contributed by atoms with E-state index < -0.39 is 0 Å². The first kappa shape index (κ1) is 20.8. The van der Waals surface area contributed by atoms with E-state index in [0.717, 1.165) is 16.7 Å². The Balaban J connectivity index is 1.76. The summed E-state index contributed by atoms with van der Waals surface area (Å²) >= 11 is 1.42. The van der Waals surface area contributed by atoms with E-state index in [0.29, 0.717) is 27.3 Å². The summed E-state index contributed by atoms with van der Waals surface area (Å²) in [5, 5.41) is 2.47. The largest absolute Gasteiger partial charge is 0.497 e. The van der Waals surface area contributed by atoms with Crippen molar-refractivity contribution in [2.45, 2.75) is 20.4 Å². The fourth-order valence-electron chi connectivity index (χ4n) is 3.47. The van der Waals surface area contributed by atoms with Gasteiger partial charge < -0.3 is 9.47 Å². The molecule has 2 aromatic carbocycles. The Labute approximate surface area is 183 Å². The molecule has 0 bridgehead atoms. The van der Waals surface area contributed by atoms with Crippen LogP contribution in [0.5, 0.6) is 11.5 Å². The molecule has 0 aliphatic rings. The van der Waals surface area contributed by atoms with Crippen molar-refractivity contribution in [1.82, 2.24) is 9.55 Å². The van der Waals surface area contributed by atoms with Crippen LogP contribution in [0, 0.1) is 13.8 Å². The number of fused-ring (bicyclic) bond motifs is 1. The van der Waals surface area contributed by atoms with Gasteiger partial charge in [-0.05, 0) is 48.7 Å². The highest BCUT2D eigenvalue weighted by atomic mass is 32.1. The number of benzene rings is 2. The normalized spacial score (nSPS) is 11.0. The monoisotopic (exact) mass is 434 g/mol. The van der Waals surface area contributed by atoms with Gasteiger partial charge in [0, 0.05) is 10.9 Å². The third kappa shape index (κ3) is 3.84. The van der Waals surface area contributed by atoms with Crippen molar-refractivity contribution in [3.8, 4) is 22.6 Å². The number of thiophene rings is 1. The second-order valence-electron chi connectivity index (χ2n) is 7.30. The average Bonchev–Trinajstić information content (AvgIpc) is 3.22. The number of Topliss-reactive ketones (excluding diaryl/α,β-unsaturated/α-hetero) is 1. The summed E-state index contributed by atoms with van der Waals surface area (Å²) < 4.78 is 11.9. The highest BCUT2D eigenvalue weighted by molar-refractivity contribution is 7.17. The lowest BCUT2D eigenvalue weighted by atomic mass is 10.0. The molecule has 7 heteroatoms. The molecule has 0 radical (unpaired) electrons. The van der Waals surface area contributed by atoms with Crippen LogP contribution in [0.25, 0.3) is 21.3 Å². The third-order valence-corrected chi connectivity index (χ3v) is 6.29. The Kier molecular flexibility index (Phi) is 5.61. The predicted molar refractivity (Wildman–Crippen MR) is 123 cm³/mol. The molecule has 0 saturated heterocycles. The number of nitrogens with zero attached hydrogens (tertiary/aromatic N) is 2. The lowest BCUT2D eigenvalue weighted by Gasteiger charge is -2.11. The van der Waals surface area contributed by atoms with Gasteiger partial charge in [-0.2, -0.15) is 0 Å². The Bertz CT molecular complexity index is 1350. The van der Waals surface area contributed by atoms with Crippen LogP contribution in [0.15, 0.2) is 52.9 Å². The molecule has 2 heterocycles. The topological polar surface area (TPSA) is 70.4 Å². The number of hydrogen-bond donors (Lipinski definition) is 0. The lowest BCUT2D eigenvalue weighted by Crippen LogP contribution is -2.24. The van der Waals surface area contributed by atoms with Crippen molar-refractivity contribution in [2.24, 2.45) is 0 Å². The zero-order valence-electron chi connectivity index (χ0n) is 17.8. The van der Waals surface area contributed by atoms with Crippen molar-refractivity contribution in [1.29, 1.82) is 0 Å². The zero-order chi connectivity index (χ0) is 22.1. The van der Waals surface area contributed by atoms with E-state index in [1.807, 2.05) is 24.4 Å². The van der Waals surface area contributed by atoms with E-state index >= 15 is 0 Å². The number of aryl methyl sites for hydroxylation is 2. The van der Waals surface area contributed by atoms with E-state index in [4.69, 9.17) is 9.47 Å². The van der Waals surface area contributed by atoms with Crippen molar-refractivity contribution in [3.63, 3.8) is 0 Å². The van der Waals surface area contributed by atoms with Gasteiger partial charge in [0.15, 0.2) is 5.78 Å². The highest BCUT2D eigenvalue weighted by Gasteiger charge is 2.18. The molecular formula is C24H22N2O4S. The second-order valence-corrected chi connectivity index (χ2v) is 8.15. The molecule has 2 aromatic heterocycles. The molecule has 4 aromatic rings. The van der Waals surface area contributed by atoms with Gasteiger partial charge in [-0.15, -0.1) is 11.3 Å². The second kappa shape index (κ2) is 8.35. The molecule has 0 atom stereocenters. The van der Waals surface area contributed by atoms with Crippen LogP contribution in [-0.4, -0.2) is 29.6 Å². The number of hydrogen-bond acceptors (Lipinski definition) is 6. The highest BCUT2D eigenvalue weighted by Crippen LogP contribution is 2.32. The van der Waals surface area contributed by atoms with E-state index in [-0.39, 0.29) is 17.9 Å². The van der Waals surface area contributed by atoms with E-state index in [2.05, 4.69) is 18.0 Å². The molecule has 0 aliphatic carbocycles. The number of ketones is 1. The quantitative estimate of drug-likeness (QED) is 0.414. The molecule has 31 heavy (non-hydrogen) atoms. The smallest absolute Gasteiger partial charge is 0.263 e. The van der Waals surface area contributed by atoms with Crippen LogP contribution in [0.4, 0.5) is 0 Å². The molecule has 4 rings (SSSR count). The SMILES string of the molecule is COc1ccc(OC)c(C(=O)Cn2cnc3scc(-c4ccc(C)c(C)c4)c3c2=O)c1. The van der Waals surface area contributed by atoms with Crippen molar-refractivity contribution < 1.29 is 14.3 Å². The molecule has 0 saturated carbocycles. The van der Waals surface area contributed by atoms with E-state index in [9.17, 15) is 9.59 Å². The van der Waals surface area contributed by atoms with Crippen molar-refractivity contribution >= 4 is 27.3 Å². The number of carbonyl (C=O) groups is 1. The minimum atomic E-state index is -0.262. The number of carbonyl (C=O) groups excluding carboxylic acids is 1. The molecule has 0 unspecified atom stereocenters. The fraction of sp³-hybridized carbons (Fsp3) is 0.208. The predicted octanol–water partition coefficient (Wildman–Crippen LogP) is 4.64. The Morgan fingerprint density at radius 2 is 1.87 bits per heavy atom. The van der Waals surface area contributed by atoms with Crippen LogP contribution in [0.2, 0.25) is 0 Å².